The van der Waals surface area contributed by atoms with Gasteiger partial charge in [-0.3, -0.25) is 4.79 Å². The Balaban J connectivity index is 1.74. The zero-order chi connectivity index (χ0) is 19.0. The second-order valence-electron chi connectivity index (χ2n) is 6.05. The van der Waals surface area contributed by atoms with Gasteiger partial charge >= 0.3 is 5.97 Å². The first-order chi connectivity index (χ1) is 13.0. The Bertz CT molecular complexity index is 1120. The van der Waals surface area contributed by atoms with Gasteiger partial charge in [-0.05, 0) is 37.3 Å². The molecular weight excluding hydrogens is 367 g/mol. The van der Waals surface area contributed by atoms with Gasteiger partial charge in [0.2, 0.25) is 0 Å². The van der Waals surface area contributed by atoms with Crippen molar-refractivity contribution in [2.24, 2.45) is 0 Å². The number of oxazole rings is 1. The topological polar surface area (TPSA) is 68.3 Å². The van der Waals surface area contributed by atoms with Crippen LogP contribution in [0.15, 0.2) is 69.3 Å². The Hall–Kier alpha value is -3.06. The van der Waals surface area contributed by atoms with Gasteiger partial charge < -0.3 is 14.1 Å². The highest BCUT2D eigenvalue weighted by Gasteiger charge is 2.17. The molecule has 2 aromatic carbocycles. The van der Waals surface area contributed by atoms with Crippen molar-refractivity contribution < 1.29 is 18.7 Å². The fourth-order valence-electron chi connectivity index (χ4n) is 3.05. The minimum Gasteiger partial charge on any atom is -0.480 e. The third-order valence-corrected chi connectivity index (χ3v) is 5.54. The molecule has 27 heavy (non-hydrogen) atoms. The van der Waals surface area contributed by atoms with Crippen LogP contribution in [0.3, 0.4) is 0 Å². The fourth-order valence-corrected chi connectivity index (χ4v) is 4.09. The second kappa shape index (κ2) is 6.92. The maximum absolute atomic E-state index is 13.8. The molecular formula is C20H15FN2O3S. The number of carboxylic acid groups (broad SMARTS) is 1. The van der Waals surface area contributed by atoms with E-state index in [1.54, 1.807) is 16.8 Å². The van der Waals surface area contributed by atoms with Crippen LogP contribution in [0.1, 0.15) is 5.69 Å². The molecule has 0 amide bonds. The maximum atomic E-state index is 13.8. The monoisotopic (exact) mass is 382 g/mol. The van der Waals surface area contributed by atoms with Crippen LogP contribution in [-0.2, 0) is 11.3 Å². The number of hydrogen-bond donors (Lipinski definition) is 1. The minimum atomic E-state index is -0.938. The van der Waals surface area contributed by atoms with E-state index in [0.717, 1.165) is 21.0 Å². The zero-order valence-electron chi connectivity index (χ0n) is 14.3. The predicted molar refractivity (Wildman–Crippen MR) is 100 cm³/mol. The molecule has 2 aromatic heterocycles. The summed E-state index contributed by atoms with van der Waals surface area (Å²) in [4.78, 5) is 16.9. The van der Waals surface area contributed by atoms with E-state index in [2.05, 4.69) is 4.98 Å². The lowest BCUT2D eigenvalue weighted by atomic mass is 10.2. The molecule has 0 spiro atoms. The summed E-state index contributed by atoms with van der Waals surface area (Å²) in [6.07, 6.45) is 3.03. The Morgan fingerprint density at radius 1 is 1.26 bits per heavy atom. The van der Waals surface area contributed by atoms with Gasteiger partial charge in [-0.25, -0.2) is 9.37 Å². The van der Waals surface area contributed by atoms with E-state index in [1.165, 1.54) is 30.3 Å². The van der Waals surface area contributed by atoms with Crippen molar-refractivity contribution in [3.8, 4) is 11.3 Å². The van der Waals surface area contributed by atoms with Gasteiger partial charge in [0, 0.05) is 26.4 Å². The van der Waals surface area contributed by atoms with Crippen LogP contribution in [0.2, 0.25) is 0 Å². The lowest BCUT2D eigenvalue weighted by molar-refractivity contribution is -0.137. The van der Waals surface area contributed by atoms with Crippen molar-refractivity contribution in [1.29, 1.82) is 0 Å². The normalized spacial score (nSPS) is 11.2. The van der Waals surface area contributed by atoms with Crippen molar-refractivity contribution in [3.05, 3.63) is 66.6 Å². The molecule has 5 nitrogen and oxygen atoms in total. The van der Waals surface area contributed by atoms with Crippen LogP contribution in [0.4, 0.5) is 4.39 Å². The molecule has 1 N–H and O–H groups in total. The van der Waals surface area contributed by atoms with Crippen LogP contribution < -0.4 is 0 Å². The summed E-state index contributed by atoms with van der Waals surface area (Å²) in [7, 11) is 0. The summed E-state index contributed by atoms with van der Waals surface area (Å²) >= 11 is 1.48. The fraction of sp³-hybridized carbons (Fsp3) is 0.100. The lowest BCUT2D eigenvalue weighted by Gasteiger charge is -2.06. The van der Waals surface area contributed by atoms with Crippen molar-refractivity contribution in [3.63, 3.8) is 0 Å². The molecule has 0 aliphatic rings. The average Bonchev–Trinajstić information content (AvgIpc) is 3.26. The number of benzene rings is 2. The number of aliphatic carboxylic acids is 1. The minimum absolute atomic E-state index is 0.168. The van der Waals surface area contributed by atoms with Crippen LogP contribution >= 0.6 is 11.8 Å². The van der Waals surface area contributed by atoms with Gasteiger partial charge in [-0.1, -0.05) is 23.9 Å². The van der Waals surface area contributed by atoms with Gasteiger partial charge in [0.1, 0.15) is 12.4 Å². The number of nitrogens with zero attached hydrogens (tertiary/aromatic N) is 2. The molecule has 0 saturated carbocycles. The molecule has 4 rings (SSSR count). The van der Waals surface area contributed by atoms with Crippen LogP contribution in [-0.4, -0.2) is 20.6 Å². The summed E-state index contributed by atoms with van der Waals surface area (Å²) in [5.41, 5.74) is 2.41. The summed E-state index contributed by atoms with van der Waals surface area (Å²) in [6, 6.07) is 12.2. The average molecular weight is 382 g/mol. The third-order valence-electron chi connectivity index (χ3n) is 4.31. The Morgan fingerprint density at radius 3 is 2.70 bits per heavy atom. The van der Waals surface area contributed by atoms with E-state index in [9.17, 15) is 14.3 Å². The van der Waals surface area contributed by atoms with Gasteiger partial charge in [0.25, 0.3) is 0 Å². The number of aromatic nitrogens is 2. The molecule has 0 fully saturated rings. The van der Waals surface area contributed by atoms with Crippen LogP contribution in [0.25, 0.3) is 22.2 Å². The molecule has 4 aromatic rings. The molecule has 0 unspecified atom stereocenters. The SMILES string of the molecule is Cc1c(Sc2ccc(-c3cnco3)cc2)c2cc(F)ccc2n1CC(=O)O. The number of fused-ring (bicyclic) bond motifs is 1. The number of carbonyl (C=O) groups is 1. The summed E-state index contributed by atoms with van der Waals surface area (Å²) in [5.74, 6) is -0.604. The van der Waals surface area contributed by atoms with Gasteiger partial charge in [0.05, 0.1) is 11.7 Å². The van der Waals surface area contributed by atoms with E-state index >= 15 is 0 Å². The van der Waals surface area contributed by atoms with E-state index in [0.29, 0.717) is 16.7 Å². The highest BCUT2D eigenvalue weighted by molar-refractivity contribution is 7.99. The van der Waals surface area contributed by atoms with Gasteiger partial charge in [-0.2, -0.15) is 0 Å². The van der Waals surface area contributed by atoms with Crippen LogP contribution in [0, 0.1) is 12.7 Å². The van der Waals surface area contributed by atoms with Gasteiger partial charge in [0.15, 0.2) is 12.2 Å². The van der Waals surface area contributed by atoms with Crippen molar-refractivity contribution >= 4 is 28.6 Å². The van der Waals surface area contributed by atoms with E-state index in [1.807, 2.05) is 31.2 Å². The zero-order valence-corrected chi connectivity index (χ0v) is 15.2. The number of rotatable bonds is 5. The van der Waals surface area contributed by atoms with Crippen LogP contribution in [0.5, 0.6) is 0 Å². The van der Waals surface area contributed by atoms with E-state index in [4.69, 9.17) is 4.42 Å². The molecule has 7 heteroatoms. The van der Waals surface area contributed by atoms with Crippen molar-refractivity contribution in [2.45, 2.75) is 23.3 Å². The number of halogens is 1. The molecule has 0 radical (unpaired) electrons. The predicted octanol–water partition coefficient (Wildman–Crippen LogP) is 4.98. The molecule has 0 aliphatic carbocycles. The van der Waals surface area contributed by atoms with E-state index < -0.39 is 5.97 Å². The first kappa shape index (κ1) is 17.4. The molecule has 136 valence electrons. The first-order valence-corrected chi connectivity index (χ1v) is 9.01. The maximum Gasteiger partial charge on any atom is 0.323 e. The van der Waals surface area contributed by atoms with Crippen molar-refractivity contribution in [1.82, 2.24) is 9.55 Å². The van der Waals surface area contributed by atoms with Crippen molar-refractivity contribution in [2.75, 3.05) is 0 Å². The number of carboxylic acids is 1. The standard InChI is InChI=1S/C20H15FN2O3S/c1-12-20(16-8-14(21)4-7-17(16)23(12)10-19(24)25)27-15-5-2-13(3-6-15)18-9-22-11-26-18/h2-9,11H,10H2,1H3,(H,24,25). The first-order valence-electron chi connectivity index (χ1n) is 8.20. The smallest absolute Gasteiger partial charge is 0.323 e. The largest absolute Gasteiger partial charge is 0.480 e. The highest BCUT2D eigenvalue weighted by Crippen LogP contribution is 2.39. The summed E-state index contributed by atoms with van der Waals surface area (Å²) < 4.78 is 20.8. The quantitative estimate of drug-likeness (QED) is 0.527. The number of hydrogen-bond acceptors (Lipinski definition) is 4. The Kier molecular flexibility index (Phi) is 4.45. The molecule has 0 aliphatic heterocycles. The summed E-state index contributed by atoms with van der Waals surface area (Å²) in [5, 5.41) is 9.92. The summed E-state index contributed by atoms with van der Waals surface area (Å²) in [6.45, 7) is 1.69. The molecule has 0 saturated heterocycles. The van der Waals surface area contributed by atoms with E-state index in [-0.39, 0.29) is 12.4 Å². The molecule has 2 heterocycles. The lowest BCUT2D eigenvalue weighted by Crippen LogP contribution is -2.09. The second-order valence-corrected chi connectivity index (χ2v) is 7.13. The highest BCUT2D eigenvalue weighted by atomic mass is 32.2. The third kappa shape index (κ3) is 3.33. The Morgan fingerprint density at radius 2 is 2.04 bits per heavy atom. The molecule has 0 atom stereocenters. The molecule has 0 bridgehead atoms. The van der Waals surface area contributed by atoms with Gasteiger partial charge in [-0.15, -0.1) is 0 Å². The Labute approximate surface area is 158 Å².